The molecule has 0 unspecified atom stereocenters. The molecule has 0 bridgehead atoms. The van der Waals surface area contributed by atoms with Crippen molar-refractivity contribution in [2.75, 3.05) is 20.2 Å². The first kappa shape index (κ1) is 16.1. The molecule has 5 heteroatoms. The number of ether oxygens (including phenoxy) is 1. The maximum Gasteiger partial charge on any atom is 0.223 e. The van der Waals surface area contributed by atoms with Crippen LogP contribution in [0.15, 0.2) is 34.9 Å². The van der Waals surface area contributed by atoms with Gasteiger partial charge in [0.15, 0.2) is 11.7 Å². The normalized spacial score (nSPS) is 10.5. The molecule has 0 spiro atoms. The SMILES string of the molecule is CCN(CC)C(=O)CCc1ncc(-c2cccc(OC)c2)o1. The van der Waals surface area contributed by atoms with Gasteiger partial charge < -0.3 is 14.1 Å². The summed E-state index contributed by atoms with van der Waals surface area (Å²) in [5, 5.41) is 0. The largest absolute Gasteiger partial charge is 0.497 e. The second-order valence-corrected chi connectivity index (χ2v) is 4.92. The molecule has 2 rings (SSSR count). The highest BCUT2D eigenvalue weighted by molar-refractivity contribution is 5.76. The minimum atomic E-state index is 0.131. The number of carbonyl (C=O) groups is 1. The van der Waals surface area contributed by atoms with Gasteiger partial charge in [-0.3, -0.25) is 4.79 Å². The number of nitrogens with zero attached hydrogens (tertiary/aromatic N) is 2. The van der Waals surface area contributed by atoms with Gasteiger partial charge in [0.05, 0.1) is 13.3 Å². The Balaban J connectivity index is 2.01. The number of aryl methyl sites for hydroxylation is 1. The Morgan fingerprint density at radius 1 is 1.32 bits per heavy atom. The Bertz CT molecular complexity index is 618. The maximum atomic E-state index is 12.0. The molecule has 0 aliphatic carbocycles. The number of hydrogen-bond acceptors (Lipinski definition) is 4. The summed E-state index contributed by atoms with van der Waals surface area (Å²) in [5.41, 5.74) is 0.910. The van der Waals surface area contributed by atoms with Gasteiger partial charge in [0.2, 0.25) is 5.91 Å². The molecule has 1 heterocycles. The Labute approximate surface area is 130 Å². The number of carbonyl (C=O) groups excluding carboxylic acids is 1. The van der Waals surface area contributed by atoms with Crippen molar-refractivity contribution < 1.29 is 13.9 Å². The number of aromatic nitrogens is 1. The van der Waals surface area contributed by atoms with E-state index < -0.39 is 0 Å². The van der Waals surface area contributed by atoms with Crippen LogP contribution >= 0.6 is 0 Å². The van der Waals surface area contributed by atoms with E-state index in [1.165, 1.54) is 0 Å². The zero-order chi connectivity index (χ0) is 15.9. The molecular weight excluding hydrogens is 280 g/mol. The third-order valence-electron chi connectivity index (χ3n) is 3.58. The van der Waals surface area contributed by atoms with E-state index >= 15 is 0 Å². The van der Waals surface area contributed by atoms with Crippen LogP contribution in [0.3, 0.4) is 0 Å². The molecule has 0 N–H and O–H groups in total. The second-order valence-electron chi connectivity index (χ2n) is 4.92. The van der Waals surface area contributed by atoms with Crippen LogP contribution in [0, 0.1) is 0 Å². The molecule has 1 aromatic heterocycles. The fourth-order valence-corrected chi connectivity index (χ4v) is 2.28. The van der Waals surface area contributed by atoms with Crippen LogP contribution in [0.25, 0.3) is 11.3 Å². The van der Waals surface area contributed by atoms with Gasteiger partial charge in [-0.05, 0) is 26.0 Å². The van der Waals surface area contributed by atoms with Gasteiger partial charge in [-0.2, -0.15) is 0 Å². The first-order chi connectivity index (χ1) is 10.7. The third kappa shape index (κ3) is 3.87. The summed E-state index contributed by atoms with van der Waals surface area (Å²) in [5.74, 6) is 2.17. The monoisotopic (exact) mass is 302 g/mol. The summed E-state index contributed by atoms with van der Waals surface area (Å²) in [6.45, 7) is 5.42. The molecule has 0 aliphatic rings. The number of amides is 1. The van der Waals surface area contributed by atoms with Crippen molar-refractivity contribution in [1.29, 1.82) is 0 Å². The summed E-state index contributed by atoms with van der Waals surface area (Å²) in [6.07, 6.45) is 2.62. The molecule has 1 aromatic carbocycles. The van der Waals surface area contributed by atoms with E-state index in [-0.39, 0.29) is 5.91 Å². The smallest absolute Gasteiger partial charge is 0.223 e. The van der Waals surface area contributed by atoms with Gasteiger partial charge in [0.1, 0.15) is 5.75 Å². The van der Waals surface area contributed by atoms with Gasteiger partial charge in [0.25, 0.3) is 0 Å². The fourth-order valence-electron chi connectivity index (χ4n) is 2.28. The quantitative estimate of drug-likeness (QED) is 0.788. The third-order valence-corrected chi connectivity index (χ3v) is 3.58. The molecule has 1 amide bonds. The van der Waals surface area contributed by atoms with Gasteiger partial charge in [0, 0.05) is 31.5 Å². The molecule has 5 nitrogen and oxygen atoms in total. The first-order valence-corrected chi connectivity index (χ1v) is 7.54. The summed E-state index contributed by atoms with van der Waals surface area (Å²) in [6, 6.07) is 7.61. The summed E-state index contributed by atoms with van der Waals surface area (Å²) in [7, 11) is 1.63. The number of benzene rings is 1. The van der Waals surface area contributed by atoms with Crippen molar-refractivity contribution in [3.8, 4) is 17.1 Å². The number of methoxy groups -OCH3 is 1. The fraction of sp³-hybridized carbons (Fsp3) is 0.412. The van der Waals surface area contributed by atoms with Crippen molar-refractivity contribution >= 4 is 5.91 Å². The zero-order valence-corrected chi connectivity index (χ0v) is 13.3. The summed E-state index contributed by atoms with van der Waals surface area (Å²) < 4.78 is 10.9. The lowest BCUT2D eigenvalue weighted by Crippen LogP contribution is -2.30. The lowest BCUT2D eigenvalue weighted by Gasteiger charge is -2.17. The van der Waals surface area contributed by atoms with Crippen LogP contribution in [0.2, 0.25) is 0 Å². The second kappa shape index (κ2) is 7.64. The lowest BCUT2D eigenvalue weighted by molar-refractivity contribution is -0.130. The van der Waals surface area contributed by atoms with E-state index in [0.29, 0.717) is 24.5 Å². The van der Waals surface area contributed by atoms with Crippen LogP contribution in [-0.4, -0.2) is 36.0 Å². The Morgan fingerprint density at radius 3 is 2.77 bits per heavy atom. The lowest BCUT2D eigenvalue weighted by atomic mass is 10.2. The van der Waals surface area contributed by atoms with Gasteiger partial charge >= 0.3 is 0 Å². The molecule has 0 atom stereocenters. The number of hydrogen-bond donors (Lipinski definition) is 0. The Morgan fingerprint density at radius 2 is 2.09 bits per heavy atom. The van der Waals surface area contributed by atoms with Crippen LogP contribution in [0.4, 0.5) is 0 Å². The van der Waals surface area contributed by atoms with Crippen LogP contribution in [0.5, 0.6) is 5.75 Å². The Hall–Kier alpha value is -2.30. The molecule has 0 fully saturated rings. The van der Waals surface area contributed by atoms with E-state index in [4.69, 9.17) is 9.15 Å². The molecule has 22 heavy (non-hydrogen) atoms. The topological polar surface area (TPSA) is 55.6 Å². The highest BCUT2D eigenvalue weighted by Gasteiger charge is 2.12. The first-order valence-electron chi connectivity index (χ1n) is 7.54. The average Bonchev–Trinajstić information content (AvgIpc) is 3.03. The molecule has 0 saturated heterocycles. The van der Waals surface area contributed by atoms with E-state index in [2.05, 4.69) is 4.98 Å². The maximum absolute atomic E-state index is 12.0. The average molecular weight is 302 g/mol. The molecule has 118 valence electrons. The van der Waals surface area contributed by atoms with E-state index in [0.717, 1.165) is 24.4 Å². The number of oxazole rings is 1. The van der Waals surface area contributed by atoms with Crippen LogP contribution < -0.4 is 4.74 Å². The number of rotatable bonds is 7. The molecule has 0 saturated carbocycles. The van der Waals surface area contributed by atoms with Crippen molar-refractivity contribution in [1.82, 2.24) is 9.88 Å². The van der Waals surface area contributed by atoms with Crippen LogP contribution in [-0.2, 0) is 11.2 Å². The van der Waals surface area contributed by atoms with E-state index in [1.54, 1.807) is 13.3 Å². The minimum Gasteiger partial charge on any atom is -0.497 e. The van der Waals surface area contributed by atoms with E-state index in [9.17, 15) is 4.79 Å². The molecule has 2 aromatic rings. The van der Waals surface area contributed by atoms with E-state index in [1.807, 2.05) is 43.0 Å². The van der Waals surface area contributed by atoms with Crippen molar-refractivity contribution in [3.63, 3.8) is 0 Å². The summed E-state index contributed by atoms with van der Waals surface area (Å²) >= 11 is 0. The highest BCUT2D eigenvalue weighted by Crippen LogP contribution is 2.24. The minimum absolute atomic E-state index is 0.131. The van der Waals surface area contributed by atoms with Gasteiger partial charge in [-0.25, -0.2) is 4.98 Å². The summed E-state index contributed by atoms with van der Waals surface area (Å²) in [4.78, 5) is 18.0. The predicted molar refractivity (Wildman–Crippen MR) is 84.7 cm³/mol. The standard InChI is InChI=1S/C17H22N2O3/c1-4-19(5-2)17(20)10-9-16-18-12-15(22-16)13-7-6-8-14(11-13)21-3/h6-8,11-12H,4-5,9-10H2,1-3H3. The van der Waals surface area contributed by atoms with Gasteiger partial charge in [-0.1, -0.05) is 12.1 Å². The Kier molecular flexibility index (Phi) is 5.58. The molecular formula is C17H22N2O3. The molecule has 0 radical (unpaired) electrons. The zero-order valence-electron chi connectivity index (χ0n) is 13.3. The van der Waals surface area contributed by atoms with Gasteiger partial charge in [-0.15, -0.1) is 0 Å². The predicted octanol–water partition coefficient (Wildman–Crippen LogP) is 3.15. The van der Waals surface area contributed by atoms with Crippen molar-refractivity contribution in [2.45, 2.75) is 26.7 Å². The van der Waals surface area contributed by atoms with Crippen molar-refractivity contribution in [3.05, 3.63) is 36.4 Å². The van der Waals surface area contributed by atoms with Crippen molar-refractivity contribution in [2.24, 2.45) is 0 Å². The highest BCUT2D eigenvalue weighted by atomic mass is 16.5. The van der Waals surface area contributed by atoms with Crippen LogP contribution in [0.1, 0.15) is 26.2 Å². The molecule has 0 aliphatic heterocycles.